The molecule has 0 bridgehead atoms. The third kappa shape index (κ3) is 3.34. The number of allylic oxidation sites excluding steroid dienone is 2. The van der Waals surface area contributed by atoms with Gasteiger partial charge < -0.3 is 14.8 Å². The summed E-state index contributed by atoms with van der Waals surface area (Å²) in [6.07, 6.45) is 9.73. The second-order valence-electron chi connectivity index (χ2n) is 7.63. The summed E-state index contributed by atoms with van der Waals surface area (Å²) in [6.45, 7) is 13.2. The Bertz CT molecular complexity index is 718. The molecule has 1 aliphatic heterocycles. The highest BCUT2D eigenvalue weighted by Gasteiger charge is 2.23. The van der Waals surface area contributed by atoms with Crippen molar-refractivity contribution in [3.05, 3.63) is 36.7 Å². The molecule has 130 valence electrons. The van der Waals surface area contributed by atoms with E-state index in [0.717, 1.165) is 25.2 Å². The molecule has 0 saturated carbocycles. The summed E-state index contributed by atoms with van der Waals surface area (Å²) in [4.78, 5) is 7.25. The van der Waals surface area contributed by atoms with Crippen LogP contribution in [-0.2, 0) is 5.54 Å². The Balaban J connectivity index is 1.92. The summed E-state index contributed by atoms with van der Waals surface area (Å²) in [7, 11) is 0. The highest BCUT2D eigenvalue weighted by atomic mass is 15.2. The first-order chi connectivity index (χ1) is 11.4. The van der Waals surface area contributed by atoms with Crippen molar-refractivity contribution in [3.8, 4) is 0 Å². The molecule has 1 fully saturated rings. The quantitative estimate of drug-likeness (QED) is 0.864. The Kier molecular flexibility index (Phi) is 4.68. The minimum atomic E-state index is -0.0651. The lowest BCUT2D eigenvalue weighted by atomic mass is 10.0. The standard InChI is InChI=1S/C20H30N4/c1-6-7-9-20(4,5)24-10-8-17-11-18(12-21-19(17)24)23-13-15(2)22-16(3)14-23/h7-12,15-16,22H,6,13-14H2,1-5H3/b9-7-. The molecule has 0 aromatic carbocycles. The van der Waals surface area contributed by atoms with Gasteiger partial charge in [-0.1, -0.05) is 19.1 Å². The molecule has 0 aliphatic carbocycles. The first-order valence-corrected chi connectivity index (χ1v) is 9.07. The van der Waals surface area contributed by atoms with Crippen LogP contribution in [-0.4, -0.2) is 34.7 Å². The van der Waals surface area contributed by atoms with Crippen molar-refractivity contribution in [2.75, 3.05) is 18.0 Å². The molecule has 24 heavy (non-hydrogen) atoms. The number of rotatable bonds is 4. The van der Waals surface area contributed by atoms with Gasteiger partial charge in [-0.15, -0.1) is 0 Å². The molecule has 2 unspecified atom stereocenters. The fourth-order valence-electron chi connectivity index (χ4n) is 3.67. The second-order valence-corrected chi connectivity index (χ2v) is 7.63. The number of aromatic nitrogens is 2. The van der Waals surface area contributed by atoms with Crippen LogP contribution in [0.4, 0.5) is 5.69 Å². The minimum absolute atomic E-state index is 0.0651. The van der Waals surface area contributed by atoms with E-state index in [-0.39, 0.29) is 5.54 Å². The minimum Gasteiger partial charge on any atom is -0.367 e. The first kappa shape index (κ1) is 17.0. The Hall–Kier alpha value is -1.81. The van der Waals surface area contributed by atoms with Gasteiger partial charge in [0, 0.05) is 36.8 Å². The van der Waals surface area contributed by atoms with Gasteiger partial charge in [-0.3, -0.25) is 0 Å². The van der Waals surface area contributed by atoms with Crippen LogP contribution in [0.1, 0.15) is 41.0 Å². The average molecular weight is 326 g/mol. The maximum atomic E-state index is 4.81. The Morgan fingerprint density at radius 2 is 2.00 bits per heavy atom. The van der Waals surface area contributed by atoms with Crippen LogP contribution in [0.15, 0.2) is 36.7 Å². The lowest BCUT2D eigenvalue weighted by Crippen LogP contribution is -2.54. The zero-order valence-electron chi connectivity index (χ0n) is 15.6. The average Bonchev–Trinajstić information content (AvgIpc) is 2.96. The molecule has 3 rings (SSSR count). The van der Waals surface area contributed by atoms with Crippen molar-refractivity contribution in [2.45, 2.75) is 58.7 Å². The van der Waals surface area contributed by atoms with Crippen molar-refractivity contribution < 1.29 is 0 Å². The number of hydrogen-bond donors (Lipinski definition) is 1. The SMILES string of the molecule is CC/C=C\C(C)(C)n1ccc2cc(N3CC(C)NC(C)C3)cnc21. The van der Waals surface area contributed by atoms with E-state index in [1.54, 1.807) is 0 Å². The summed E-state index contributed by atoms with van der Waals surface area (Å²) in [5.74, 6) is 0. The Labute approximate surface area is 145 Å². The van der Waals surface area contributed by atoms with Crippen molar-refractivity contribution in [3.63, 3.8) is 0 Å². The van der Waals surface area contributed by atoms with E-state index in [2.05, 4.69) is 79.9 Å². The van der Waals surface area contributed by atoms with Gasteiger partial charge in [0.15, 0.2) is 0 Å². The monoisotopic (exact) mass is 326 g/mol. The van der Waals surface area contributed by atoms with Crippen LogP contribution >= 0.6 is 0 Å². The largest absolute Gasteiger partial charge is 0.367 e. The maximum absolute atomic E-state index is 4.81. The van der Waals surface area contributed by atoms with Crippen LogP contribution < -0.4 is 10.2 Å². The molecule has 3 heterocycles. The predicted molar refractivity (Wildman–Crippen MR) is 103 cm³/mol. The van der Waals surface area contributed by atoms with Gasteiger partial charge in [0.05, 0.1) is 17.4 Å². The van der Waals surface area contributed by atoms with Gasteiger partial charge >= 0.3 is 0 Å². The molecule has 0 amide bonds. The molecular formula is C20H30N4. The lowest BCUT2D eigenvalue weighted by Gasteiger charge is -2.37. The number of anilines is 1. The van der Waals surface area contributed by atoms with Crippen LogP contribution in [0, 0.1) is 0 Å². The number of pyridine rings is 1. The Morgan fingerprint density at radius 1 is 1.29 bits per heavy atom. The van der Waals surface area contributed by atoms with E-state index in [0.29, 0.717) is 12.1 Å². The third-order valence-electron chi connectivity index (χ3n) is 4.82. The first-order valence-electron chi connectivity index (χ1n) is 9.07. The number of piperazine rings is 1. The molecule has 4 heteroatoms. The van der Waals surface area contributed by atoms with Crippen molar-refractivity contribution in [1.82, 2.24) is 14.9 Å². The summed E-state index contributed by atoms with van der Waals surface area (Å²) >= 11 is 0. The molecular weight excluding hydrogens is 296 g/mol. The third-order valence-corrected chi connectivity index (χ3v) is 4.82. The zero-order valence-corrected chi connectivity index (χ0v) is 15.6. The van der Waals surface area contributed by atoms with Crippen LogP contribution in [0.5, 0.6) is 0 Å². The van der Waals surface area contributed by atoms with Gasteiger partial charge in [0.25, 0.3) is 0 Å². The fraction of sp³-hybridized carbons (Fsp3) is 0.550. The molecule has 1 saturated heterocycles. The van der Waals surface area contributed by atoms with Crippen molar-refractivity contribution in [1.29, 1.82) is 0 Å². The van der Waals surface area contributed by atoms with E-state index in [1.165, 1.54) is 11.1 Å². The van der Waals surface area contributed by atoms with Gasteiger partial charge in [0.1, 0.15) is 5.65 Å². The van der Waals surface area contributed by atoms with Crippen LogP contribution in [0.25, 0.3) is 11.0 Å². The number of nitrogens with one attached hydrogen (secondary N) is 1. The highest BCUT2D eigenvalue weighted by molar-refractivity contribution is 5.80. The molecule has 1 N–H and O–H groups in total. The summed E-state index contributed by atoms with van der Waals surface area (Å²) in [5.41, 5.74) is 2.22. The number of nitrogens with zero attached hydrogens (tertiary/aromatic N) is 3. The lowest BCUT2D eigenvalue weighted by molar-refractivity contribution is 0.407. The summed E-state index contributed by atoms with van der Waals surface area (Å²) in [6, 6.07) is 5.48. The van der Waals surface area contributed by atoms with Gasteiger partial charge in [-0.2, -0.15) is 0 Å². The molecule has 0 spiro atoms. The second kappa shape index (κ2) is 6.60. The molecule has 2 aromatic rings. The molecule has 2 aromatic heterocycles. The van der Waals surface area contributed by atoms with E-state index >= 15 is 0 Å². The van der Waals surface area contributed by atoms with Gasteiger partial charge in [-0.05, 0) is 46.2 Å². The molecule has 4 nitrogen and oxygen atoms in total. The highest BCUT2D eigenvalue weighted by Crippen LogP contribution is 2.27. The van der Waals surface area contributed by atoms with E-state index in [1.807, 2.05) is 6.20 Å². The molecule has 2 atom stereocenters. The topological polar surface area (TPSA) is 33.1 Å². The van der Waals surface area contributed by atoms with Crippen LogP contribution in [0.2, 0.25) is 0 Å². The Morgan fingerprint density at radius 3 is 2.67 bits per heavy atom. The summed E-state index contributed by atoms with van der Waals surface area (Å²) in [5, 5.41) is 4.80. The van der Waals surface area contributed by atoms with Gasteiger partial charge in [-0.25, -0.2) is 4.98 Å². The fourth-order valence-corrected chi connectivity index (χ4v) is 3.67. The van der Waals surface area contributed by atoms with E-state index < -0.39 is 0 Å². The number of fused-ring (bicyclic) bond motifs is 1. The van der Waals surface area contributed by atoms with Gasteiger partial charge in [0.2, 0.25) is 0 Å². The van der Waals surface area contributed by atoms with E-state index in [9.17, 15) is 0 Å². The van der Waals surface area contributed by atoms with Crippen molar-refractivity contribution >= 4 is 16.7 Å². The maximum Gasteiger partial charge on any atom is 0.140 e. The molecule has 0 radical (unpaired) electrons. The van der Waals surface area contributed by atoms with E-state index in [4.69, 9.17) is 4.98 Å². The summed E-state index contributed by atoms with van der Waals surface area (Å²) < 4.78 is 2.27. The normalized spacial score (nSPS) is 22.6. The zero-order chi connectivity index (χ0) is 17.3. The molecule has 1 aliphatic rings. The smallest absolute Gasteiger partial charge is 0.140 e. The van der Waals surface area contributed by atoms with Crippen LogP contribution in [0.3, 0.4) is 0 Å². The van der Waals surface area contributed by atoms with Crippen molar-refractivity contribution in [2.24, 2.45) is 0 Å². The number of hydrogen-bond acceptors (Lipinski definition) is 3. The predicted octanol–water partition coefficient (Wildman–Crippen LogP) is 3.92.